The Labute approximate surface area is 116 Å². The summed E-state index contributed by atoms with van der Waals surface area (Å²) in [5.41, 5.74) is 0. The fraction of sp³-hybridized carbons (Fsp3) is 1.00. The Hall–Kier alpha value is -0.0100. The largest absolute Gasteiger partial charge is 0.389 e. The summed E-state index contributed by atoms with van der Waals surface area (Å²) in [5.74, 6) is -0.507. The normalized spacial score (nSPS) is 26.1. The maximum atomic E-state index is 12.0. The van der Waals surface area contributed by atoms with Crippen molar-refractivity contribution in [2.45, 2.75) is 62.5 Å². The third kappa shape index (κ3) is 7.37. The highest BCUT2D eigenvalue weighted by Gasteiger charge is 2.29. The van der Waals surface area contributed by atoms with Crippen LogP contribution >= 0.6 is 11.6 Å². The third-order valence-corrected chi connectivity index (χ3v) is 5.15. The summed E-state index contributed by atoms with van der Waals surface area (Å²) in [4.78, 5) is 0. The van der Waals surface area contributed by atoms with Crippen molar-refractivity contribution in [2.75, 3.05) is 5.75 Å². The fourth-order valence-corrected chi connectivity index (χ4v) is 3.95. The Kier molecular flexibility index (Phi) is 6.39. The maximum absolute atomic E-state index is 12.0. The molecule has 1 fully saturated rings. The van der Waals surface area contributed by atoms with Gasteiger partial charge in [-0.25, -0.2) is 13.1 Å². The first-order chi connectivity index (χ1) is 8.70. The minimum Gasteiger partial charge on any atom is -0.212 e. The first kappa shape index (κ1) is 17.0. The molecule has 1 aliphatic rings. The Morgan fingerprint density at radius 2 is 1.79 bits per heavy atom. The molecule has 114 valence electrons. The number of rotatable bonds is 5. The number of halogens is 4. The van der Waals surface area contributed by atoms with E-state index in [1.165, 1.54) is 0 Å². The van der Waals surface area contributed by atoms with E-state index in [9.17, 15) is 21.6 Å². The lowest BCUT2D eigenvalue weighted by atomic mass is 10.1. The SMILES string of the molecule is O=S(=O)(CCCC(F)(F)F)NC1CCCCCC1Cl. The van der Waals surface area contributed by atoms with Gasteiger partial charge in [-0.3, -0.25) is 0 Å². The van der Waals surface area contributed by atoms with E-state index in [2.05, 4.69) is 4.72 Å². The van der Waals surface area contributed by atoms with Crippen LogP contribution in [0.5, 0.6) is 0 Å². The number of nitrogens with one attached hydrogen (secondary N) is 1. The molecule has 1 rings (SSSR count). The maximum Gasteiger partial charge on any atom is 0.389 e. The second-order valence-electron chi connectivity index (χ2n) is 4.92. The smallest absolute Gasteiger partial charge is 0.212 e. The van der Waals surface area contributed by atoms with Crippen molar-refractivity contribution in [3.05, 3.63) is 0 Å². The van der Waals surface area contributed by atoms with Gasteiger partial charge in [0.05, 0.1) is 5.75 Å². The summed E-state index contributed by atoms with van der Waals surface area (Å²) < 4.78 is 61.8. The highest BCUT2D eigenvalue weighted by Crippen LogP contribution is 2.24. The average Bonchev–Trinajstić information content (AvgIpc) is 2.41. The number of hydrogen-bond acceptors (Lipinski definition) is 2. The van der Waals surface area contributed by atoms with Crippen molar-refractivity contribution in [1.82, 2.24) is 4.72 Å². The van der Waals surface area contributed by atoms with Crippen LogP contribution < -0.4 is 4.72 Å². The minimum absolute atomic E-state index is 0.278. The van der Waals surface area contributed by atoms with E-state index in [0.717, 1.165) is 25.7 Å². The topological polar surface area (TPSA) is 46.2 Å². The van der Waals surface area contributed by atoms with Crippen LogP contribution in [-0.4, -0.2) is 31.8 Å². The van der Waals surface area contributed by atoms with Gasteiger partial charge in [-0.05, 0) is 19.3 Å². The van der Waals surface area contributed by atoms with E-state index in [1.54, 1.807) is 0 Å². The average molecular weight is 322 g/mol. The molecule has 1 saturated carbocycles. The fourth-order valence-electron chi connectivity index (χ4n) is 2.15. The van der Waals surface area contributed by atoms with Crippen LogP contribution in [0.2, 0.25) is 0 Å². The molecule has 0 aromatic rings. The minimum atomic E-state index is -4.31. The van der Waals surface area contributed by atoms with Crippen LogP contribution in [0.15, 0.2) is 0 Å². The number of hydrogen-bond donors (Lipinski definition) is 1. The first-order valence-corrected chi connectivity index (χ1v) is 8.49. The predicted octanol–water partition coefficient (Wildman–Crippen LogP) is 3.19. The zero-order chi connectivity index (χ0) is 14.5. The summed E-state index contributed by atoms with van der Waals surface area (Å²) in [6.07, 6.45) is -1.58. The zero-order valence-corrected chi connectivity index (χ0v) is 12.1. The van der Waals surface area contributed by atoms with E-state index in [-0.39, 0.29) is 11.4 Å². The molecule has 19 heavy (non-hydrogen) atoms. The van der Waals surface area contributed by atoms with Crippen molar-refractivity contribution >= 4 is 21.6 Å². The summed E-state index contributed by atoms with van der Waals surface area (Å²) in [6.45, 7) is 0. The molecule has 1 N–H and O–H groups in total. The Morgan fingerprint density at radius 1 is 1.16 bits per heavy atom. The van der Waals surface area contributed by atoms with Crippen LogP contribution in [0, 0.1) is 0 Å². The van der Waals surface area contributed by atoms with Crippen LogP contribution in [-0.2, 0) is 10.0 Å². The Bertz CT molecular complexity index is 373. The van der Waals surface area contributed by atoms with E-state index in [1.807, 2.05) is 0 Å². The van der Waals surface area contributed by atoms with E-state index >= 15 is 0 Å². The molecule has 0 aliphatic heterocycles. The molecular weight excluding hydrogens is 303 g/mol. The number of alkyl halides is 4. The van der Waals surface area contributed by atoms with Gasteiger partial charge in [-0.1, -0.05) is 19.3 Å². The molecule has 0 radical (unpaired) electrons. The van der Waals surface area contributed by atoms with Crippen molar-refractivity contribution in [3.63, 3.8) is 0 Å². The van der Waals surface area contributed by atoms with E-state index < -0.39 is 34.8 Å². The Morgan fingerprint density at radius 3 is 2.42 bits per heavy atom. The molecule has 1 aliphatic carbocycles. The summed E-state index contributed by atoms with van der Waals surface area (Å²) in [5, 5.41) is -0.278. The van der Waals surface area contributed by atoms with Gasteiger partial charge in [0.15, 0.2) is 0 Å². The van der Waals surface area contributed by atoms with Gasteiger partial charge in [0.1, 0.15) is 0 Å². The molecule has 2 unspecified atom stereocenters. The van der Waals surface area contributed by atoms with Crippen molar-refractivity contribution in [1.29, 1.82) is 0 Å². The standard InChI is InChI=1S/C11H19ClF3NO2S/c12-9-5-2-1-3-6-10(9)16-19(17,18)8-4-7-11(13,14)15/h9-10,16H,1-8H2. The van der Waals surface area contributed by atoms with Gasteiger partial charge in [-0.15, -0.1) is 11.6 Å². The summed E-state index contributed by atoms with van der Waals surface area (Å²) in [6, 6.07) is -0.361. The van der Waals surface area contributed by atoms with Crippen molar-refractivity contribution < 1.29 is 21.6 Å². The van der Waals surface area contributed by atoms with Crippen LogP contribution in [0.3, 0.4) is 0 Å². The van der Waals surface area contributed by atoms with Crippen LogP contribution in [0.1, 0.15) is 44.9 Å². The van der Waals surface area contributed by atoms with E-state index in [4.69, 9.17) is 11.6 Å². The van der Waals surface area contributed by atoms with Crippen molar-refractivity contribution in [3.8, 4) is 0 Å². The van der Waals surface area contributed by atoms with Gasteiger partial charge in [0.2, 0.25) is 10.0 Å². The summed E-state index contributed by atoms with van der Waals surface area (Å²) in [7, 11) is -3.69. The second-order valence-corrected chi connectivity index (χ2v) is 7.35. The molecule has 2 atom stereocenters. The van der Waals surface area contributed by atoms with Gasteiger partial charge in [0.25, 0.3) is 0 Å². The Balaban J connectivity index is 2.44. The molecule has 8 heteroatoms. The number of sulfonamides is 1. The molecule has 0 saturated heterocycles. The molecule has 0 amide bonds. The zero-order valence-electron chi connectivity index (χ0n) is 10.5. The monoisotopic (exact) mass is 321 g/mol. The first-order valence-electron chi connectivity index (χ1n) is 6.40. The predicted molar refractivity (Wildman–Crippen MR) is 68.7 cm³/mol. The molecular formula is C11H19ClF3NO2S. The lowest BCUT2D eigenvalue weighted by molar-refractivity contribution is -0.134. The molecule has 3 nitrogen and oxygen atoms in total. The molecule has 0 aromatic carbocycles. The second kappa shape index (κ2) is 7.13. The molecule has 0 bridgehead atoms. The lowest BCUT2D eigenvalue weighted by Gasteiger charge is -2.21. The van der Waals surface area contributed by atoms with Gasteiger partial charge >= 0.3 is 6.18 Å². The van der Waals surface area contributed by atoms with E-state index in [0.29, 0.717) is 6.42 Å². The van der Waals surface area contributed by atoms with Gasteiger partial charge < -0.3 is 0 Å². The third-order valence-electron chi connectivity index (χ3n) is 3.14. The summed E-state index contributed by atoms with van der Waals surface area (Å²) >= 11 is 6.09. The highest BCUT2D eigenvalue weighted by molar-refractivity contribution is 7.89. The van der Waals surface area contributed by atoms with Gasteiger partial charge in [-0.2, -0.15) is 13.2 Å². The highest BCUT2D eigenvalue weighted by atomic mass is 35.5. The van der Waals surface area contributed by atoms with Gasteiger partial charge in [0, 0.05) is 17.8 Å². The quantitative estimate of drug-likeness (QED) is 0.624. The molecule has 0 spiro atoms. The molecule has 0 heterocycles. The lowest BCUT2D eigenvalue weighted by Crippen LogP contribution is -2.41. The van der Waals surface area contributed by atoms with Crippen molar-refractivity contribution in [2.24, 2.45) is 0 Å². The van der Waals surface area contributed by atoms with Crippen LogP contribution in [0.25, 0.3) is 0 Å². The van der Waals surface area contributed by atoms with Crippen LogP contribution in [0.4, 0.5) is 13.2 Å². The molecule has 0 aromatic heterocycles.